The van der Waals surface area contributed by atoms with Gasteiger partial charge in [-0.3, -0.25) is 0 Å². The Balaban J connectivity index is -0.00000000267. The minimum Gasteiger partial charge on any atom is -0.512 e. The van der Waals surface area contributed by atoms with E-state index in [0.717, 1.165) is 0 Å². The molecule has 0 fully saturated rings. The summed E-state index contributed by atoms with van der Waals surface area (Å²) in [5, 5.41) is 37.5. The third-order valence-electron chi connectivity index (χ3n) is 0. The Labute approximate surface area is 288 Å². The van der Waals surface area contributed by atoms with Gasteiger partial charge in [-0.15, -0.1) is 0 Å². The van der Waals surface area contributed by atoms with E-state index in [9.17, 15) is 0 Å². The van der Waals surface area contributed by atoms with E-state index in [4.69, 9.17) is 71.0 Å². The maximum atomic E-state index is 6.25. The van der Waals surface area contributed by atoms with Crippen LogP contribution in [-0.2, 0) is 21.1 Å². The molecular formula is C6K4MoN6. The van der Waals surface area contributed by atoms with E-state index in [1.165, 1.54) is 0 Å². The Morgan fingerprint density at radius 3 is 0.294 bits per heavy atom. The summed E-state index contributed by atoms with van der Waals surface area (Å²) in [5.74, 6) is 0. The van der Waals surface area contributed by atoms with E-state index >= 15 is 0 Å². The van der Waals surface area contributed by atoms with Gasteiger partial charge in [0, 0.05) is 0 Å². The summed E-state index contributed by atoms with van der Waals surface area (Å²) in [5.41, 5.74) is 0. The van der Waals surface area contributed by atoms with Gasteiger partial charge in [-0.05, 0) is 0 Å². The van der Waals surface area contributed by atoms with Crippen molar-refractivity contribution in [1.29, 1.82) is 31.6 Å². The second-order valence-electron chi connectivity index (χ2n) is 0. The molecule has 0 aliphatic rings. The molecule has 6 nitrogen and oxygen atoms in total. The summed E-state index contributed by atoms with van der Waals surface area (Å²) in [7, 11) is 0. The van der Waals surface area contributed by atoms with Crippen LogP contribution in [0.5, 0.6) is 0 Å². The largest absolute Gasteiger partial charge is 2.00 e. The number of nitrogens with zero attached hydrogens (tertiary/aromatic N) is 6. The minimum atomic E-state index is 0. The van der Waals surface area contributed by atoms with Gasteiger partial charge in [0.15, 0.2) is 0 Å². The van der Waals surface area contributed by atoms with E-state index in [1.807, 2.05) is 0 Å². The van der Waals surface area contributed by atoms with Crippen molar-refractivity contribution in [1.82, 2.24) is 0 Å². The molecule has 17 heavy (non-hydrogen) atoms. The maximum Gasteiger partial charge on any atom is 2.00 e. The van der Waals surface area contributed by atoms with E-state index < -0.39 is 0 Å². The van der Waals surface area contributed by atoms with Gasteiger partial charge in [0.1, 0.15) is 0 Å². The van der Waals surface area contributed by atoms with Crippen LogP contribution in [0, 0.1) is 71.0 Å². The number of hydrogen-bond acceptors (Lipinski definition) is 6. The topological polar surface area (TPSA) is 143 Å². The zero-order chi connectivity index (χ0) is 12.0. The van der Waals surface area contributed by atoms with Crippen molar-refractivity contribution in [2.24, 2.45) is 0 Å². The predicted molar refractivity (Wildman–Crippen MR) is 29.8 cm³/mol. The molecule has 0 saturated heterocycles. The molecule has 0 spiro atoms. The molecule has 64 valence electrons. The fraction of sp³-hybridized carbons (Fsp3) is 0. The Bertz CT molecular complexity index is 106. The monoisotopic (exact) mass is 410 g/mol. The van der Waals surface area contributed by atoms with Crippen molar-refractivity contribution >= 4 is 0 Å². The van der Waals surface area contributed by atoms with Crippen LogP contribution in [0.4, 0.5) is 0 Å². The summed E-state index contributed by atoms with van der Waals surface area (Å²) in [4.78, 5) is 0. The van der Waals surface area contributed by atoms with E-state index in [2.05, 4.69) is 0 Å². The molecule has 0 rings (SSSR count). The molecule has 0 saturated carbocycles. The van der Waals surface area contributed by atoms with Crippen molar-refractivity contribution < 1.29 is 227 Å². The van der Waals surface area contributed by atoms with Gasteiger partial charge >= 0.3 is 227 Å². The molecule has 0 bridgehead atoms. The summed E-state index contributed by atoms with van der Waals surface area (Å²) < 4.78 is 0. The van der Waals surface area contributed by atoms with Gasteiger partial charge in [-0.25, -0.2) is 0 Å². The third kappa shape index (κ3) is 382. The molecule has 0 aliphatic heterocycles. The average molecular weight is 408 g/mol. The standard InChI is InChI=1S/6CN.4K.Mo/c6*1-2;;;;;/q6*-1;4*+1;+2. The van der Waals surface area contributed by atoms with E-state index in [0.29, 0.717) is 0 Å². The predicted octanol–water partition coefficient (Wildman–Crippen LogP) is -11.4. The molecule has 0 atom stereocenters. The van der Waals surface area contributed by atoms with Crippen molar-refractivity contribution in [2.45, 2.75) is 0 Å². The molecule has 0 aromatic carbocycles. The fourth-order valence-corrected chi connectivity index (χ4v) is 0. The molecule has 0 heterocycles. The summed E-state index contributed by atoms with van der Waals surface area (Å²) >= 11 is 0. The van der Waals surface area contributed by atoms with Gasteiger partial charge < -0.3 is 71.0 Å². The van der Waals surface area contributed by atoms with Crippen LogP contribution in [0.15, 0.2) is 0 Å². The minimum absolute atomic E-state index is 0. The molecule has 0 unspecified atom stereocenters. The molecule has 11 heteroatoms. The quantitative estimate of drug-likeness (QED) is 0.288. The van der Waals surface area contributed by atoms with Crippen LogP contribution in [0.1, 0.15) is 0 Å². The Morgan fingerprint density at radius 2 is 0.294 bits per heavy atom. The smallest absolute Gasteiger partial charge is 0.512 e. The van der Waals surface area contributed by atoms with Crippen LogP contribution >= 0.6 is 0 Å². The molecule has 0 radical (unpaired) electrons. The first-order valence-corrected chi connectivity index (χ1v) is 1.34. The van der Waals surface area contributed by atoms with Crippen LogP contribution in [-0.4, -0.2) is 0 Å². The number of rotatable bonds is 0. The van der Waals surface area contributed by atoms with Crippen LogP contribution in [0.3, 0.4) is 0 Å². The van der Waals surface area contributed by atoms with Gasteiger partial charge in [0.25, 0.3) is 0 Å². The molecule has 0 N–H and O–H groups in total. The van der Waals surface area contributed by atoms with Crippen molar-refractivity contribution in [3.63, 3.8) is 0 Å². The van der Waals surface area contributed by atoms with Gasteiger partial charge in [-0.2, -0.15) is 0 Å². The Morgan fingerprint density at radius 1 is 0.294 bits per heavy atom. The van der Waals surface area contributed by atoms with Crippen molar-refractivity contribution in [2.75, 3.05) is 0 Å². The first-order valence-electron chi connectivity index (χ1n) is 1.34. The zero-order valence-electron chi connectivity index (χ0n) is 10.1. The molecule has 0 aliphatic carbocycles. The maximum absolute atomic E-state index is 6.25. The summed E-state index contributed by atoms with van der Waals surface area (Å²) in [6.45, 7) is 28.5. The average Bonchev–Trinajstić information content (AvgIpc) is 2.33. The van der Waals surface area contributed by atoms with Crippen LogP contribution in [0.2, 0.25) is 0 Å². The first-order chi connectivity index (χ1) is 6.00. The van der Waals surface area contributed by atoms with Gasteiger partial charge in [0.05, 0.1) is 0 Å². The second-order valence-corrected chi connectivity index (χ2v) is 0. The second kappa shape index (κ2) is 426. The van der Waals surface area contributed by atoms with Crippen LogP contribution in [0.25, 0.3) is 0 Å². The normalized spacial score (nSPS) is 0.706. The fourth-order valence-electron chi connectivity index (χ4n) is 0. The SMILES string of the molecule is [C-]#N.[C-]#N.[C-]#N.[C-]#N.[C-]#N.[C-]#N.[K+].[K+].[K+].[K+].[Mo+2]. The molecule has 0 amide bonds. The molecule has 0 aromatic heterocycles. The van der Waals surface area contributed by atoms with E-state index in [1.54, 1.807) is 0 Å². The van der Waals surface area contributed by atoms with Crippen LogP contribution < -0.4 is 206 Å². The summed E-state index contributed by atoms with van der Waals surface area (Å²) in [6, 6.07) is 0. The molecule has 0 aromatic rings. The first kappa shape index (κ1) is 83.3. The molecular weight excluding hydrogens is 408 g/mol. The van der Waals surface area contributed by atoms with Gasteiger partial charge in [-0.1, -0.05) is 0 Å². The zero-order valence-corrected chi connectivity index (χ0v) is 24.6. The Hall–Kier alpha value is 4.17. The van der Waals surface area contributed by atoms with Crippen molar-refractivity contribution in [3.8, 4) is 0 Å². The third-order valence-corrected chi connectivity index (χ3v) is 0. The number of hydrogen-bond donors (Lipinski definition) is 0. The van der Waals surface area contributed by atoms with Gasteiger partial charge in [0.2, 0.25) is 0 Å². The Kier molecular flexibility index (Phi) is 2080. The van der Waals surface area contributed by atoms with Crippen molar-refractivity contribution in [3.05, 3.63) is 39.4 Å². The summed E-state index contributed by atoms with van der Waals surface area (Å²) in [6.07, 6.45) is 0. The van der Waals surface area contributed by atoms with E-state index in [-0.39, 0.29) is 227 Å².